The Bertz CT molecular complexity index is 1410. The van der Waals surface area contributed by atoms with Crippen molar-refractivity contribution >= 4 is 45.4 Å². The number of likely N-dealkylation sites (tertiary alicyclic amines) is 2. The first-order chi connectivity index (χ1) is 20.5. The first-order valence-electron chi connectivity index (χ1n) is 14.3. The highest BCUT2D eigenvalue weighted by Gasteiger charge is 2.33. The number of carbonyl (C=O) groups excluding carboxylic acids is 2. The number of methoxy groups -OCH3 is 1. The van der Waals surface area contributed by atoms with Crippen molar-refractivity contribution < 1.29 is 27.5 Å². The molecule has 14 heteroatoms. The van der Waals surface area contributed by atoms with Gasteiger partial charge in [-0.2, -0.15) is 13.2 Å². The lowest BCUT2D eigenvalue weighted by Crippen LogP contribution is -2.50. The van der Waals surface area contributed by atoms with Gasteiger partial charge in [0, 0.05) is 54.4 Å². The van der Waals surface area contributed by atoms with Gasteiger partial charge in [-0.15, -0.1) is 0 Å². The highest BCUT2D eigenvalue weighted by molar-refractivity contribution is 7.16. The molecular weight excluding hydrogens is 605 g/mol. The third kappa shape index (κ3) is 7.57. The minimum Gasteiger partial charge on any atom is -0.497 e. The zero-order valence-corrected chi connectivity index (χ0v) is 25.5. The van der Waals surface area contributed by atoms with E-state index in [9.17, 15) is 22.8 Å². The predicted octanol–water partition coefficient (Wildman–Crippen LogP) is 5.47. The highest BCUT2D eigenvalue weighted by atomic mass is 35.5. The minimum atomic E-state index is -4.56. The maximum Gasteiger partial charge on any atom is 0.416 e. The number of thiazole rings is 1. The summed E-state index contributed by atoms with van der Waals surface area (Å²) in [5.74, 6) is -0.562. The molecule has 5 rings (SSSR count). The normalized spacial score (nSPS) is 22.1. The summed E-state index contributed by atoms with van der Waals surface area (Å²) in [5, 5.41) is 5.92. The second-order valence-corrected chi connectivity index (χ2v) is 12.5. The number of hydrogen-bond acceptors (Lipinski definition) is 9. The molecule has 2 atom stereocenters. The molecule has 9 nitrogen and oxygen atoms in total. The lowest BCUT2D eigenvalue weighted by atomic mass is 9.98. The number of aromatic nitrogens is 1. The van der Waals surface area contributed by atoms with Crippen LogP contribution in [0.15, 0.2) is 35.1 Å². The van der Waals surface area contributed by atoms with Gasteiger partial charge in [0.25, 0.3) is 5.91 Å². The molecule has 0 bridgehead atoms. The number of amides is 1. The summed E-state index contributed by atoms with van der Waals surface area (Å²) >= 11 is 6.88. The van der Waals surface area contributed by atoms with Gasteiger partial charge in [-0.25, -0.2) is 4.98 Å². The van der Waals surface area contributed by atoms with E-state index in [4.69, 9.17) is 16.3 Å². The molecular formula is C29H34ClF3N6O3S. The van der Waals surface area contributed by atoms with Gasteiger partial charge in [-0.1, -0.05) is 17.8 Å². The molecule has 0 saturated carbocycles. The molecule has 1 aromatic carbocycles. The van der Waals surface area contributed by atoms with E-state index in [1.807, 2.05) is 0 Å². The van der Waals surface area contributed by atoms with E-state index in [1.54, 1.807) is 6.21 Å². The molecule has 1 unspecified atom stereocenters. The number of rotatable bonds is 8. The molecule has 2 fully saturated rings. The third-order valence-corrected chi connectivity index (χ3v) is 9.43. The third-order valence-electron chi connectivity index (χ3n) is 8.17. The van der Waals surface area contributed by atoms with Crippen molar-refractivity contribution in [2.24, 2.45) is 10.9 Å². The Kier molecular flexibility index (Phi) is 9.74. The van der Waals surface area contributed by atoms with Crippen LogP contribution in [0.2, 0.25) is 0 Å². The Morgan fingerprint density at radius 2 is 1.93 bits per heavy atom. The van der Waals surface area contributed by atoms with Crippen molar-refractivity contribution in [1.82, 2.24) is 20.1 Å². The Morgan fingerprint density at radius 1 is 1.16 bits per heavy atom. The molecule has 0 aliphatic carbocycles. The maximum atomic E-state index is 13.7. The number of benzene rings is 1. The summed E-state index contributed by atoms with van der Waals surface area (Å²) in [6.07, 6.45) is 2.93. The van der Waals surface area contributed by atoms with Crippen LogP contribution in [0, 0.1) is 5.92 Å². The highest BCUT2D eigenvalue weighted by Crippen LogP contribution is 2.39. The molecule has 43 heavy (non-hydrogen) atoms. The molecule has 2 aromatic rings. The zero-order chi connectivity index (χ0) is 30.7. The number of nitrogens with one attached hydrogen (secondary N) is 2. The molecule has 0 radical (unpaired) electrons. The van der Waals surface area contributed by atoms with E-state index in [2.05, 4.69) is 37.3 Å². The lowest BCUT2D eigenvalue weighted by Gasteiger charge is -2.35. The fraction of sp³-hybridized carbons (Fsp3) is 0.517. The number of hydrogen-bond donors (Lipinski definition) is 2. The fourth-order valence-electron chi connectivity index (χ4n) is 5.62. The van der Waals surface area contributed by atoms with Gasteiger partial charge in [0.15, 0.2) is 5.13 Å². The van der Waals surface area contributed by atoms with Crippen molar-refractivity contribution in [2.75, 3.05) is 32.1 Å². The average molecular weight is 639 g/mol. The van der Waals surface area contributed by atoms with Gasteiger partial charge >= 0.3 is 6.18 Å². The Hall–Kier alpha value is -3.00. The number of alkyl halides is 3. The number of nitrogens with zero attached hydrogens (tertiary/aromatic N) is 4. The molecule has 2 N–H and O–H groups in total. The van der Waals surface area contributed by atoms with Crippen LogP contribution in [-0.4, -0.2) is 71.1 Å². The van der Waals surface area contributed by atoms with Gasteiger partial charge < -0.3 is 10.1 Å². The van der Waals surface area contributed by atoms with Crippen LogP contribution in [-0.2, 0) is 22.3 Å². The van der Waals surface area contributed by atoms with Crippen LogP contribution in [0.25, 0.3) is 11.3 Å². The van der Waals surface area contributed by atoms with E-state index < -0.39 is 17.6 Å². The summed E-state index contributed by atoms with van der Waals surface area (Å²) in [7, 11) is 1.32. The summed E-state index contributed by atoms with van der Waals surface area (Å²) in [5.41, 5.74) is -0.0490. The van der Waals surface area contributed by atoms with Crippen molar-refractivity contribution in [1.29, 1.82) is 0 Å². The van der Waals surface area contributed by atoms with Crippen molar-refractivity contribution in [3.8, 4) is 17.0 Å². The van der Waals surface area contributed by atoms with Gasteiger partial charge in [0.2, 0.25) is 5.24 Å². The number of carbonyl (C=O) groups is 2. The maximum absolute atomic E-state index is 13.7. The summed E-state index contributed by atoms with van der Waals surface area (Å²) in [6.45, 7) is 4.86. The first kappa shape index (κ1) is 31.4. The Morgan fingerprint density at radius 3 is 2.56 bits per heavy atom. The summed E-state index contributed by atoms with van der Waals surface area (Å²) in [6, 6.07) is 3.87. The quantitative estimate of drug-likeness (QED) is 0.370. The standard InChI is InChI=1S/C29H34ClF3N6O3S/c1-17-5-3-4-8-39(17)16-23-25(19-11-20(29(31,32)33)13-21(12-19)42-2)36-28(43-23)37-27(41)22-14-35-24(15-34-22)38-9-6-18(7-10-38)26(30)40/h11-15,17-18,24,35H,3-10,16H2,1-2H3,(H,36,37,41)/t17-,24?/m1/s1. The zero-order valence-electron chi connectivity index (χ0n) is 23.9. The molecule has 3 aliphatic rings. The Labute approximate surface area is 257 Å². The van der Waals surface area contributed by atoms with E-state index in [0.29, 0.717) is 44.2 Å². The van der Waals surface area contributed by atoms with E-state index in [0.717, 1.165) is 42.8 Å². The second-order valence-electron chi connectivity index (χ2n) is 11.0. The van der Waals surface area contributed by atoms with Crippen LogP contribution in [0.3, 0.4) is 0 Å². The summed E-state index contributed by atoms with van der Waals surface area (Å²) in [4.78, 5) is 38.7. The smallest absolute Gasteiger partial charge is 0.416 e. The van der Waals surface area contributed by atoms with Gasteiger partial charge in [-0.05, 0) is 69.0 Å². The topological polar surface area (TPSA) is 99.2 Å². The molecule has 232 valence electrons. The number of halogens is 4. The van der Waals surface area contributed by atoms with Gasteiger partial charge in [0.05, 0.1) is 18.4 Å². The van der Waals surface area contributed by atoms with Crippen LogP contribution < -0.4 is 15.4 Å². The van der Waals surface area contributed by atoms with Crippen molar-refractivity contribution in [2.45, 2.75) is 64.0 Å². The Balaban J connectivity index is 1.34. The SMILES string of the molecule is COc1cc(-c2nc(NC(=O)C3=CNC(N4CCC(C(=O)Cl)CC4)C=N3)sc2CN2CCCC[C@H]2C)cc(C(F)(F)F)c1. The van der Waals surface area contributed by atoms with E-state index in [1.165, 1.54) is 30.7 Å². The molecule has 3 aliphatic heterocycles. The van der Waals surface area contributed by atoms with Crippen LogP contribution >= 0.6 is 22.9 Å². The number of piperidine rings is 2. The molecule has 0 spiro atoms. The number of ether oxygens (including phenoxy) is 1. The monoisotopic (exact) mass is 638 g/mol. The van der Waals surface area contributed by atoms with Crippen molar-refractivity contribution in [3.63, 3.8) is 0 Å². The minimum absolute atomic E-state index is 0.0708. The number of anilines is 1. The fourth-order valence-corrected chi connectivity index (χ4v) is 6.84. The predicted molar refractivity (Wildman–Crippen MR) is 160 cm³/mol. The summed E-state index contributed by atoms with van der Waals surface area (Å²) < 4.78 is 46.3. The second kappa shape index (κ2) is 13.3. The number of aliphatic imine (C=N–C) groups is 1. The van der Waals surface area contributed by atoms with Crippen LogP contribution in [0.4, 0.5) is 18.3 Å². The molecule has 4 heterocycles. The van der Waals surface area contributed by atoms with Crippen LogP contribution in [0.1, 0.15) is 49.5 Å². The van der Waals surface area contributed by atoms with E-state index in [-0.39, 0.29) is 39.5 Å². The lowest BCUT2D eigenvalue weighted by molar-refractivity contribution is -0.137. The van der Waals surface area contributed by atoms with Gasteiger partial charge in [-0.3, -0.25) is 29.7 Å². The largest absolute Gasteiger partial charge is 0.497 e. The molecule has 1 aromatic heterocycles. The van der Waals surface area contributed by atoms with E-state index >= 15 is 0 Å². The average Bonchev–Trinajstić information content (AvgIpc) is 3.39. The first-order valence-corrected chi connectivity index (χ1v) is 15.5. The molecule has 2 saturated heterocycles. The van der Waals surface area contributed by atoms with Gasteiger partial charge in [0.1, 0.15) is 17.6 Å². The molecule has 1 amide bonds. The van der Waals surface area contributed by atoms with Crippen LogP contribution in [0.5, 0.6) is 5.75 Å². The van der Waals surface area contributed by atoms with Crippen molar-refractivity contribution in [3.05, 3.63) is 40.5 Å².